The Morgan fingerprint density at radius 3 is 3.00 bits per heavy atom. The molecular formula is C14H15N7OS. The first-order valence-corrected chi connectivity index (χ1v) is 7.87. The van der Waals surface area contributed by atoms with Crippen molar-refractivity contribution in [3.05, 3.63) is 42.4 Å². The van der Waals surface area contributed by atoms with Crippen LogP contribution in [0, 0.1) is 0 Å². The molecule has 8 nitrogen and oxygen atoms in total. The number of aryl methyl sites for hydroxylation is 1. The van der Waals surface area contributed by atoms with Crippen molar-refractivity contribution in [3.8, 4) is 10.7 Å². The van der Waals surface area contributed by atoms with Gasteiger partial charge in [0.2, 0.25) is 5.13 Å². The number of aromatic nitrogens is 5. The number of urea groups is 1. The van der Waals surface area contributed by atoms with Crippen LogP contribution in [0.5, 0.6) is 0 Å². The lowest BCUT2D eigenvalue weighted by atomic mass is 10.4. The van der Waals surface area contributed by atoms with Crippen LogP contribution in [0.4, 0.5) is 9.93 Å². The highest BCUT2D eigenvalue weighted by Crippen LogP contribution is 2.24. The molecule has 23 heavy (non-hydrogen) atoms. The number of nitrogens with zero attached hydrogens (tertiary/aromatic N) is 5. The third kappa shape index (κ3) is 3.89. The van der Waals surface area contributed by atoms with Crippen molar-refractivity contribution >= 4 is 22.5 Å². The van der Waals surface area contributed by atoms with Gasteiger partial charge in [-0.25, -0.2) is 4.79 Å². The first kappa shape index (κ1) is 15.1. The molecule has 0 aliphatic carbocycles. The highest BCUT2D eigenvalue weighted by Gasteiger charge is 2.10. The van der Waals surface area contributed by atoms with Gasteiger partial charge in [-0.15, -0.1) is 10.2 Å². The van der Waals surface area contributed by atoms with Gasteiger partial charge in [-0.1, -0.05) is 17.4 Å². The van der Waals surface area contributed by atoms with Crippen molar-refractivity contribution in [2.24, 2.45) is 0 Å². The summed E-state index contributed by atoms with van der Waals surface area (Å²) in [6.07, 6.45) is 5.31. The van der Waals surface area contributed by atoms with Crippen LogP contribution < -0.4 is 10.6 Å². The third-order valence-corrected chi connectivity index (χ3v) is 3.85. The summed E-state index contributed by atoms with van der Waals surface area (Å²) in [6.45, 7) is 3.20. The molecule has 0 fully saturated rings. The summed E-state index contributed by atoms with van der Waals surface area (Å²) in [6, 6.07) is 5.21. The largest absolute Gasteiger partial charge is 0.334 e. The molecule has 118 valence electrons. The molecule has 3 heterocycles. The lowest BCUT2D eigenvalue weighted by molar-refractivity contribution is 0.251. The van der Waals surface area contributed by atoms with E-state index in [1.54, 1.807) is 17.1 Å². The lowest BCUT2D eigenvalue weighted by Gasteiger charge is -2.02. The van der Waals surface area contributed by atoms with Crippen LogP contribution in [0.2, 0.25) is 0 Å². The second kappa shape index (κ2) is 6.97. The monoisotopic (exact) mass is 329 g/mol. The molecule has 0 unspecified atom stereocenters. The van der Waals surface area contributed by atoms with E-state index in [0.717, 1.165) is 17.8 Å². The number of hydrogen-bond donors (Lipinski definition) is 2. The van der Waals surface area contributed by atoms with E-state index in [-0.39, 0.29) is 6.03 Å². The second-order valence-corrected chi connectivity index (χ2v) is 5.62. The van der Waals surface area contributed by atoms with Gasteiger partial charge in [0, 0.05) is 31.0 Å². The summed E-state index contributed by atoms with van der Waals surface area (Å²) in [7, 11) is 0. The van der Waals surface area contributed by atoms with E-state index in [0.29, 0.717) is 16.7 Å². The van der Waals surface area contributed by atoms with Gasteiger partial charge in [-0.2, -0.15) is 5.10 Å². The Bertz CT molecular complexity index is 783. The van der Waals surface area contributed by atoms with Crippen LogP contribution in [0.3, 0.4) is 0 Å². The van der Waals surface area contributed by atoms with Crippen LogP contribution in [0.15, 0.2) is 36.8 Å². The molecule has 0 aliphatic heterocycles. The summed E-state index contributed by atoms with van der Waals surface area (Å²) in [5.41, 5.74) is 1.67. The molecule has 0 aromatic carbocycles. The minimum atomic E-state index is -0.335. The third-order valence-electron chi connectivity index (χ3n) is 2.99. The van der Waals surface area contributed by atoms with Gasteiger partial charge in [0.15, 0.2) is 5.01 Å². The van der Waals surface area contributed by atoms with Crippen molar-refractivity contribution in [2.75, 3.05) is 5.32 Å². The molecule has 2 N–H and O–H groups in total. The zero-order valence-electron chi connectivity index (χ0n) is 12.4. The maximum atomic E-state index is 11.9. The Hall–Kier alpha value is -2.81. The van der Waals surface area contributed by atoms with Crippen LogP contribution >= 0.6 is 11.3 Å². The lowest BCUT2D eigenvalue weighted by Crippen LogP contribution is -2.28. The predicted molar refractivity (Wildman–Crippen MR) is 86.9 cm³/mol. The maximum Gasteiger partial charge on any atom is 0.321 e. The van der Waals surface area contributed by atoms with Gasteiger partial charge >= 0.3 is 6.03 Å². The van der Waals surface area contributed by atoms with Crippen molar-refractivity contribution in [2.45, 2.75) is 20.0 Å². The molecule has 9 heteroatoms. The first-order valence-electron chi connectivity index (χ1n) is 7.05. The second-order valence-electron chi connectivity index (χ2n) is 4.64. The van der Waals surface area contributed by atoms with E-state index in [9.17, 15) is 4.79 Å². The standard InChI is InChI=1S/C14H15N7OS/c1-2-21-9-10(8-17-21)7-16-13(22)18-14-20-19-12(23-14)11-5-3-4-6-15-11/h3-6,8-9H,2,7H2,1H3,(H2,16,18,20,22). The molecule has 3 rings (SSSR count). The average Bonchev–Trinajstić information content (AvgIpc) is 3.23. The zero-order valence-corrected chi connectivity index (χ0v) is 13.2. The Morgan fingerprint density at radius 1 is 1.35 bits per heavy atom. The van der Waals surface area contributed by atoms with Gasteiger partial charge in [-0.05, 0) is 19.1 Å². The Labute approximate surface area is 136 Å². The molecule has 0 spiro atoms. The van der Waals surface area contributed by atoms with E-state index in [1.165, 1.54) is 11.3 Å². The normalized spacial score (nSPS) is 10.5. The molecule has 3 aromatic rings. The van der Waals surface area contributed by atoms with E-state index >= 15 is 0 Å². The SMILES string of the molecule is CCn1cc(CNC(=O)Nc2nnc(-c3ccccn3)s2)cn1. The van der Waals surface area contributed by atoms with E-state index < -0.39 is 0 Å². The van der Waals surface area contributed by atoms with Crippen molar-refractivity contribution in [1.82, 2.24) is 30.3 Å². The summed E-state index contributed by atoms with van der Waals surface area (Å²) >= 11 is 1.27. The number of anilines is 1. The van der Waals surface area contributed by atoms with Gasteiger partial charge < -0.3 is 5.32 Å². The van der Waals surface area contributed by atoms with Crippen LogP contribution in [-0.2, 0) is 13.1 Å². The fourth-order valence-corrected chi connectivity index (χ4v) is 2.58. The molecule has 0 saturated carbocycles. The number of carbonyl (C=O) groups is 1. The molecule has 0 aliphatic rings. The van der Waals surface area contributed by atoms with Gasteiger partial charge in [0.05, 0.1) is 6.20 Å². The fourth-order valence-electron chi connectivity index (χ4n) is 1.86. The summed E-state index contributed by atoms with van der Waals surface area (Å²) < 4.78 is 1.80. The quantitative estimate of drug-likeness (QED) is 0.747. The van der Waals surface area contributed by atoms with Crippen LogP contribution in [0.25, 0.3) is 10.7 Å². The fraction of sp³-hybridized carbons (Fsp3) is 0.214. The highest BCUT2D eigenvalue weighted by molar-refractivity contribution is 7.18. The first-order chi connectivity index (χ1) is 11.2. The molecule has 0 bridgehead atoms. The summed E-state index contributed by atoms with van der Waals surface area (Å²) in [5.74, 6) is 0. The van der Waals surface area contributed by atoms with Crippen molar-refractivity contribution in [3.63, 3.8) is 0 Å². The van der Waals surface area contributed by atoms with Crippen LogP contribution in [-0.4, -0.2) is 31.0 Å². The molecule has 3 aromatic heterocycles. The topological polar surface area (TPSA) is 97.6 Å². The number of pyridine rings is 1. The molecule has 0 saturated heterocycles. The molecular weight excluding hydrogens is 314 g/mol. The Balaban J connectivity index is 1.55. The van der Waals surface area contributed by atoms with Gasteiger partial charge in [-0.3, -0.25) is 15.0 Å². The number of rotatable bonds is 5. The highest BCUT2D eigenvalue weighted by atomic mass is 32.1. The maximum absolute atomic E-state index is 11.9. The molecule has 2 amide bonds. The predicted octanol–water partition coefficient (Wildman–Crippen LogP) is 2.14. The Morgan fingerprint density at radius 2 is 2.26 bits per heavy atom. The Kier molecular flexibility index (Phi) is 4.57. The van der Waals surface area contributed by atoms with E-state index in [2.05, 4.69) is 30.9 Å². The summed E-state index contributed by atoms with van der Waals surface area (Å²) in [5, 5.41) is 18.6. The van der Waals surface area contributed by atoms with Gasteiger partial charge in [0.25, 0.3) is 0 Å². The van der Waals surface area contributed by atoms with Crippen LogP contribution in [0.1, 0.15) is 12.5 Å². The number of amides is 2. The van der Waals surface area contributed by atoms with E-state index in [4.69, 9.17) is 0 Å². The minimum Gasteiger partial charge on any atom is -0.334 e. The van der Waals surface area contributed by atoms with Gasteiger partial charge in [0.1, 0.15) is 5.69 Å². The van der Waals surface area contributed by atoms with Crippen molar-refractivity contribution in [1.29, 1.82) is 0 Å². The van der Waals surface area contributed by atoms with E-state index in [1.807, 2.05) is 31.3 Å². The van der Waals surface area contributed by atoms with Crippen molar-refractivity contribution < 1.29 is 4.79 Å². The minimum absolute atomic E-state index is 0.335. The average molecular weight is 329 g/mol. The molecule has 0 atom stereocenters. The summed E-state index contributed by atoms with van der Waals surface area (Å²) in [4.78, 5) is 16.1. The number of carbonyl (C=O) groups excluding carboxylic acids is 1. The number of hydrogen-bond acceptors (Lipinski definition) is 6. The zero-order chi connectivity index (χ0) is 16.1. The smallest absolute Gasteiger partial charge is 0.321 e. The molecule has 0 radical (unpaired) electrons. The number of nitrogens with one attached hydrogen (secondary N) is 2.